The molecule has 5 rings (SSSR count). The Balaban J connectivity index is 1.45. The first-order valence-corrected chi connectivity index (χ1v) is 13.5. The number of fused-ring (bicyclic) bond motifs is 1. The second-order valence-corrected chi connectivity index (χ2v) is 10.2. The molecule has 2 N–H and O–H groups in total. The number of aromatic nitrogens is 2. The predicted molar refractivity (Wildman–Crippen MR) is 156 cm³/mol. The quantitative estimate of drug-likeness (QED) is 0.296. The molecule has 7 heteroatoms. The summed E-state index contributed by atoms with van der Waals surface area (Å²) in [4.78, 5) is 27.4. The summed E-state index contributed by atoms with van der Waals surface area (Å²) in [6.45, 7) is 6.14. The minimum atomic E-state index is -0.103. The number of hydrogen-bond acceptors (Lipinski definition) is 6. The van der Waals surface area contributed by atoms with Crippen molar-refractivity contribution in [2.45, 2.75) is 32.6 Å². The minimum absolute atomic E-state index is 0.0739. The smallest absolute Gasteiger partial charge is 0.252 e. The number of anilines is 1. The Hall–Kier alpha value is -4.07. The first-order chi connectivity index (χ1) is 19.0. The van der Waals surface area contributed by atoms with Crippen LogP contribution in [0.3, 0.4) is 0 Å². The Morgan fingerprint density at radius 2 is 1.87 bits per heavy atom. The highest BCUT2D eigenvalue weighted by Crippen LogP contribution is 2.38. The number of amides is 1. The normalized spacial score (nSPS) is 13.1. The van der Waals surface area contributed by atoms with Gasteiger partial charge in [0, 0.05) is 56.2 Å². The van der Waals surface area contributed by atoms with Gasteiger partial charge in [0.15, 0.2) is 0 Å². The summed E-state index contributed by atoms with van der Waals surface area (Å²) in [6, 6.07) is 24.4. The number of nitrogens with zero attached hydrogens (tertiary/aromatic N) is 4. The van der Waals surface area contributed by atoms with Crippen molar-refractivity contribution in [3.63, 3.8) is 0 Å². The van der Waals surface area contributed by atoms with Crippen molar-refractivity contribution in [3.8, 4) is 11.3 Å². The van der Waals surface area contributed by atoms with Crippen molar-refractivity contribution in [2.24, 2.45) is 0 Å². The summed E-state index contributed by atoms with van der Waals surface area (Å²) in [5.74, 6) is 0.792. The molecular formula is C32H36N6O. The number of hydrogen-bond donors (Lipinski definition) is 2. The molecule has 39 heavy (non-hydrogen) atoms. The lowest BCUT2D eigenvalue weighted by molar-refractivity contribution is 0.0938. The van der Waals surface area contributed by atoms with E-state index in [1.807, 2.05) is 62.6 Å². The molecular weight excluding hydrogens is 484 g/mol. The monoisotopic (exact) mass is 520 g/mol. The van der Waals surface area contributed by atoms with E-state index in [0.29, 0.717) is 18.7 Å². The van der Waals surface area contributed by atoms with Gasteiger partial charge in [-0.05, 0) is 55.9 Å². The molecule has 1 aliphatic heterocycles. The SMILES string of the molecule is CNCCN(C)Cc1cccc(-c2cc(C(=O)N[C@@H](C)c3ccccc3)c3c(n2)N(Cc2cccnc2)C3)c1. The molecule has 0 saturated heterocycles. The molecule has 2 aromatic heterocycles. The van der Waals surface area contributed by atoms with Crippen molar-refractivity contribution in [2.75, 3.05) is 32.1 Å². The van der Waals surface area contributed by atoms with E-state index < -0.39 is 0 Å². The lowest BCUT2D eigenvalue weighted by Gasteiger charge is -2.36. The average molecular weight is 521 g/mol. The Morgan fingerprint density at radius 1 is 1.05 bits per heavy atom. The van der Waals surface area contributed by atoms with Crippen LogP contribution < -0.4 is 15.5 Å². The molecule has 7 nitrogen and oxygen atoms in total. The summed E-state index contributed by atoms with van der Waals surface area (Å²) in [5.41, 5.74) is 6.90. The van der Waals surface area contributed by atoms with Crippen LogP contribution in [0.2, 0.25) is 0 Å². The Bertz CT molecular complexity index is 1410. The standard InChI is InChI=1S/C32H36N6O/c1-23(26-11-5-4-6-12-26)35-32(39)28-18-30(27-13-7-9-24(17-27)20-37(3)16-15-33-2)36-31-29(28)22-38(31)21-25-10-8-14-34-19-25/h4-14,17-19,23,33H,15-16,20-22H2,1-3H3,(H,35,39)/t23-/m0/s1. The van der Waals surface area contributed by atoms with Crippen LogP contribution in [0.25, 0.3) is 11.3 Å². The van der Waals surface area contributed by atoms with Crippen LogP contribution in [-0.4, -0.2) is 48.0 Å². The van der Waals surface area contributed by atoms with Crippen molar-refractivity contribution in [3.05, 3.63) is 113 Å². The van der Waals surface area contributed by atoms with E-state index in [1.165, 1.54) is 5.56 Å². The molecule has 0 fully saturated rings. The molecule has 2 aromatic carbocycles. The topological polar surface area (TPSA) is 73.4 Å². The van der Waals surface area contributed by atoms with Crippen LogP contribution >= 0.6 is 0 Å². The zero-order valence-corrected chi connectivity index (χ0v) is 22.9. The van der Waals surface area contributed by atoms with E-state index in [1.54, 1.807) is 6.20 Å². The third-order valence-corrected chi connectivity index (χ3v) is 7.16. The third kappa shape index (κ3) is 6.33. The molecule has 0 saturated carbocycles. The largest absolute Gasteiger partial charge is 0.347 e. The van der Waals surface area contributed by atoms with E-state index >= 15 is 0 Å². The van der Waals surface area contributed by atoms with Crippen LogP contribution in [0.5, 0.6) is 0 Å². The van der Waals surface area contributed by atoms with Crippen molar-refractivity contribution >= 4 is 11.7 Å². The Morgan fingerprint density at radius 3 is 2.64 bits per heavy atom. The number of carbonyl (C=O) groups excluding carboxylic acids is 1. The maximum absolute atomic E-state index is 13.6. The van der Waals surface area contributed by atoms with Gasteiger partial charge in [-0.15, -0.1) is 0 Å². The van der Waals surface area contributed by atoms with Gasteiger partial charge in [-0.3, -0.25) is 9.78 Å². The van der Waals surface area contributed by atoms with Gasteiger partial charge in [0.25, 0.3) is 5.91 Å². The molecule has 1 atom stereocenters. The molecule has 4 aromatic rings. The van der Waals surface area contributed by atoms with Crippen LogP contribution in [-0.2, 0) is 19.6 Å². The summed E-state index contributed by atoms with van der Waals surface area (Å²) in [5, 5.41) is 6.41. The number of nitrogens with one attached hydrogen (secondary N) is 2. The molecule has 1 aliphatic rings. The highest BCUT2D eigenvalue weighted by Gasteiger charge is 2.31. The van der Waals surface area contributed by atoms with E-state index in [-0.39, 0.29) is 11.9 Å². The fraction of sp³-hybridized carbons (Fsp3) is 0.281. The van der Waals surface area contributed by atoms with Gasteiger partial charge < -0.3 is 20.4 Å². The minimum Gasteiger partial charge on any atom is -0.347 e. The van der Waals surface area contributed by atoms with Crippen molar-refractivity contribution < 1.29 is 4.79 Å². The zero-order chi connectivity index (χ0) is 27.2. The molecule has 0 unspecified atom stereocenters. The number of likely N-dealkylation sites (N-methyl/N-ethyl adjacent to an activating group) is 2. The van der Waals surface area contributed by atoms with E-state index in [2.05, 4.69) is 62.8 Å². The molecule has 0 radical (unpaired) electrons. The van der Waals surface area contributed by atoms with Gasteiger partial charge in [-0.25, -0.2) is 4.98 Å². The molecule has 0 spiro atoms. The van der Waals surface area contributed by atoms with Crippen LogP contribution in [0.4, 0.5) is 5.82 Å². The maximum Gasteiger partial charge on any atom is 0.252 e. The summed E-state index contributed by atoms with van der Waals surface area (Å²) >= 11 is 0. The van der Waals surface area contributed by atoms with Gasteiger partial charge in [0.2, 0.25) is 0 Å². The summed E-state index contributed by atoms with van der Waals surface area (Å²) < 4.78 is 0. The van der Waals surface area contributed by atoms with E-state index in [0.717, 1.165) is 53.4 Å². The first kappa shape index (κ1) is 26.5. The van der Waals surface area contributed by atoms with Crippen molar-refractivity contribution in [1.82, 2.24) is 25.5 Å². The number of rotatable bonds is 11. The maximum atomic E-state index is 13.6. The average Bonchev–Trinajstić information content (AvgIpc) is 2.95. The van der Waals surface area contributed by atoms with E-state index in [4.69, 9.17) is 4.98 Å². The summed E-state index contributed by atoms with van der Waals surface area (Å²) in [7, 11) is 4.09. The van der Waals surface area contributed by atoms with E-state index in [9.17, 15) is 4.79 Å². The van der Waals surface area contributed by atoms with Gasteiger partial charge in [0.1, 0.15) is 5.82 Å². The molecule has 0 bridgehead atoms. The highest BCUT2D eigenvalue weighted by molar-refractivity contribution is 5.99. The van der Waals surface area contributed by atoms with Gasteiger partial charge in [0.05, 0.1) is 17.3 Å². The second kappa shape index (κ2) is 12.2. The molecule has 0 aliphatic carbocycles. The fourth-order valence-electron chi connectivity index (χ4n) is 4.97. The Labute approximate surface area is 230 Å². The number of pyridine rings is 2. The van der Waals surface area contributed by atoms with Gasteiger partial charge in [-0.1, -0.05) is 54.6 Å². The van der Waals surface area contributed by atoms with Crippen LogP contribution in [0.1, 0.15) is 45.6 Å². The zero-order valence-electron chi connectivity index (χ0n) is 22.9. The molecule has 200 valence electrons. The van der Waals surface area contributed by atoms with Gasteiger partial charge in [-0.2, -0.15) is 0 Å². The van der Waals surface area contributed by atoms with Crippen LogP contribution in [0, 0.1) is 0 Å². The summed E-state index contributed by atoms with van der Waals surface area (Å²) in [6.07, 6.45) is 3.66. The highest BCUT2D eigenvalue weighted by atomic mass is 16.1. The van der Waals surface area contributed by atoms with Crippen LogP contribution in [0.15, 0.2) is 85.2 Å². The van der Waals surface area contributed by atoms with Gasteiger partial charge >= 0.3 is 0 Å². The predicted octanol–water partition coefficient (Wildman–Crippen LogP) is 4.81. The Kier molecular flexibility index (Phi) is 8.30. The number of carbonyl (C=O) groups is 1. The lowest BCUT2D eigenvalue weighted by Crippen LogP contribution is -2.37. The molecule has 1 amide bonds. The number of benzene rings is 2. The first-order valence-electron chi connectivity index (χ1n) is 13.5. The third-order valence-electron chi connectivity index (χ3n) is 7.16. The fourth-order valence-corrected chi connectivity index (χ4v) is 4.97. The lowest BCUT2D eigenvalue weighted by atomic mass is 9.96. The molecule has 3 heterocycles. The van der Waals surface area contributed by atoms with Crippen molar-refractivity contribution in [1.29, 1.82) is 0 Å². The second-order valence-electron chi connectivity index (χ2n) is 10.2.